The van der Waals surface area contributed by atoms with E-state index in [2.05, 4.69) is 11.8 Å². The number of rotatable bonds is 6. The summed E-state index contributed by atoms with van der Waals surface area (Å²) in [5.41, 5.74) is 6.50. The van der Waals surface area contributed by atoms with Crippen LogP contribution in [-0.2, 0) is 0 Å². The molecule has 1 aromatic rings. The number of nitrogens with two attached hydrogens (primary N) is 1. The SMILES string of the molecule is CCN(C)CCC(N)c1c(F)cccc1OC. The summed E-state index contributed by atoms with van der Waals surface area (Å²) >= 11 is 0. The molecule has 0 heterocycles. The minimum absolute atomic E-state index is 0.295. The van der Waals surface area contributed by atoms with Crippen LogP contribution in [-0.4, -0.2) is 32.1 Å². The molecule has 17 heavy (non-hydrogen) atoms. The molecule has 0 bridgehead atoms. The van der Waals surface area contributed by atoms with Crippen LogP contribution in [0.1, 0.15) is 24.9 Å². The second-order valence-corrected chi connectivity index (χ2v) is 4.15. The molecule has 0 spiro atoms. The van der Waals surface area contributed by atoms with Crippen molar-refractivity contribution in [2.45, 2.75) is 19.4 Å². The summed E-state index contributed by atoms with van der Waals surface area (Å²) in [6.07, 6.45) is 0.710. The Morgan fingerprint density at radius 2 is 2.18 bits per heavy atom. The van der Waals surface area contributed by atoms with E-state index in [4.69, 9.17) is 10.5 Å². The second-order valence-electron chi connectivity index (χ2n) is 4.15. The number of ether oxygens (including phenoxy) is 1. The maximum atomic E-state index is 13.7. The Morgan fingerprint density at radius 3 is 2.76 bits per heavy atom. The van der Waals surface area contributed by atoms with E-state index in [1.165, 1.54) is 13.2 Å². The first-order valence-corrected chi connectivity index (χ1v) is 5.86. The maximum absolute atomic E-state index is 13.7. The number of methoxy groups -OCH3 is 1. The first-order valence-electron chi connectivity index (χ1n) is 5.86. The highest BCUT2D eigenvalue weighted by molar-refractivity contribution is 5.37. The molecule has 0 amide bonds. The van der Waals surface area contributed by atoms with Gasteiger partial charge in [0.15, 0.2) is 0 Å². The Balaban J connectivity index is 2.77. The molecule has 1 atom stereocenters. The van der Waals surface area contributed by atoms with Crippen LogP contribution in [0.25, 0.3) is 0 Å². The van der Waals surface area contributed by atoms with Crippen LogP contribution in [0.3, 0.4) is 0 Å². The van der Waals surface area contributed by atoms with Gasteiger partial charge in [-0.15, -0.1) is 0 Å². The standard InChI is InChI=1S/C13H21FN2O/c1-4-16(2)9-8-11(15)13-10(14)6-5-7-12(13)17-3/h5-7,11H,4,8-9,15H2,1-3H3. The van der Waals surface area contributed by atoms with Crippen molar-refractivity contribution in [3.8, 4) is 5.75 Å². The lowest BCUT2D eigenvalue weighted by atomic mass is 10.0. The molecule has 1 aromatic carbocycles. The fraction of sp³-hybridized carbons (Fsp3) is 0.538. The topological polar surface area (TPSA) is 38.5 Å². The summed E-state index contributed by atoms with van der Waals surface area (Å²) in [4.78, 5) is 2.15. The van der Waals surface area contributed by atoms with Gasteiger partial charge in [0, 0.05) is 11.6 Å². The molecule has 1 rings (SSSR count). The quantitative estimate of drug-likeness (QED) is 0.828. The molecule has 3 nitrogen and oxygen atoms in total. The Morgan fingerprint density at radius 1 is 1.47 bits per heavy atom. The van der Waals surface area contributed by atoms with Gasteiger partial charge in [-0.05, 0) is 38.7 Å². The highest BCUT2D eigenvalue weighted by Crippen LogP contribution is 2.28. The van der Waals surface area contributed by atoms with Crippen molar-refractivity contribution in [1.29, 1.82) is 0 Å². The Kier molecular flexibility index (Phi) is 5.38. The summed E-state index contributed by atoms with van der Waals surface area (Å²) < 4.78 is 18.9. The van der Waals surface area contributed by atoms with E-state index < -0.39 is 0 Å². The van der Waals surface area contributed by atoms with Gasteiger partial charge >= 0.3 is 0 Å². The van der Waals surface area contributed by atoms with E-state index in [-0.39, 0.29) is 11.9 Å². The fourth-order valence-electron chi connectivity index (χ4n) is 1.72. The van der Waals surface area contributed by atoms with Gasteiger partial charge in [0.1, 0.15) is 11.6 Å². The van der Waals surface area contributed by atoms with Gasteiger partial charge in [-0.1, -0.05) is 13.0 Å². The molecule has 2 N–H and O–H groups in total. The monoisotopic (exact) mass is 240 g/mol. The molecule has 0 radical (unpaired) electrons. The van der Waals surface area contributed by atoms with Crippen LogP contribution < -0.4 is 10.5 Å². The third-order valence-corrected chi connectivity index (χ3v) is 2.97. The summed E-state index contributed by atoms with van der Waals surface area (Å²) in [6.45, 7) is 3.88. The van der Waals surface area contributed by atoms with Crippen LogP contribution in [0.4, 0.5) is 4.39 Å². The molecule has 0 aromatic heterocycles. The largest absolute Gasteiger partial charge is 0.496 e. The number of nitrogens with zero attached hydrogens (tertiary/aromatic N) is 1. The Labute approximate surface area is 102 Å². The third-order valence-electron chi connectivity index (χ3n) is 2.97. The normalized spacial score (nSPS) is 12.8. The summed E-state index contributed by atoms with van der Waals surface area (Å²) in [5.74, 6) is 0.229. The number of hydrogen-bond acceptors (Lipinski definition) is 3. The molecule has 96 valence electrons. The van der Waals surface area contributed by atoms with Crippen LogP contribution in [0.2, 0.25) is 0 Å². The van der Waals surface area contributed by atoms with E-state index >= 15 is 0 Å². The second kappa shape index (κ2) is 6.57. The van der Waals surface area contributed by atoms with Crippen molar-refractivity contribution < 1.29 is 9.13 Å². The van der Waals surface area contributed by atoms with Crippen LogP contribution in [0.15, 0.2) is 18.2 Å². The molecule has 0 aliphatic heterocycles. The van der Waals surface area contributed by atoms with Crippen LogP contribution in [0, 0.1) is 5.82 Å². The van der Waals surface area contributed by atoms with Crippen molar-refractivity contribution >= 4 is 0 Å². The van der Waals surface area contributed by atoms with E-state index in [9.17, 15) is 4.39 Å². The Bertz CT molecular complexity index is 357. The van der Waals surface area contributed by atoms with Crippen molar-refractivity contribution in [1.82, 2.24) is 4.90 Å². The van der Waals surface area contributed by atoms with Gasteiger partial charge in [0.05, 0.1) is 7.11 Å². The van der Waals surface area contributed by atoms with Gasteiger partial charge in [-0.3, -0.25) is 0 Å². The maximum Gasteiger partial charge on any atom is 0.131 e. The average molecular weight is 240 g/mol. The highest BCUT2D eigenvalue weighted by atomic mass is 19.1. The van der Waals surface area contributed by atoms with Gasteiger partial charge in [-0.25, -0.2) is 4.39 Å². The molecule has 0 aliphatic carbocycles. The minimum Gasteiger partial charge on any atom is -0.496 e. The fourth-order valence-corrected chi connectivity index (χ4v) is 1.72. The molecule has 0 saturated heterocycles. The molecular formula is C13H21FN2O. The van der Waals surface area contributed by atoms with Gasteiger partial charge in [-0.2, -0.15) is 0 Å². The van der Waals surface area contributed by atoms with Crippen LogP contribution >= 0.6 is 0 Å². The van der Waals surface area contributed by atoms with Gasteiger partial charge < -0.3 is 15.4 Å². The van der Waals surface area contributed by atoms with Crippen LogP contribution in [0.5, 0.6) is 5.75 Å². The molecular weight excluding hydrogens is 219 g/mol. The smallest absolute Gasteiger partial charge is 0.131 e. The third kappa shape index (κ3) is 3.68. The van der Waals surface area contributed by atoms with E-state index in [1.54, 1.807) is 12.1 Å². The molecule has 0 saturated carbocycles. The average Bonchev–Trinajstić information content (AvgIpc) is 2.34. The van der Waals surface area contributed by atoms with Crippen molar-refractivity contribution in [2.24, 2.45) is 5.73 Å². The first kappa shape index (κ1) is 13.9. The molecule has 1 unspecified atom stereocenters. The lowest BCUT2D eigenvalue weighted by Crippen LogP contribution is -2.24. The van der Waals surface area contributed by atoms with Gasteiger partial charge in [0.25, 0.3) is 0 Å². The zero-order chi connectivity index (χ0) is 12.8. The molecule has 0 aliphatic rings. The lowest BCUT2D eigenvalue weighted by molar-refractivity contribution is 0.329. The van der Waals surface area contributed by atoms with Crippen molar-refractivity contribution in [3.05, 3.63) is 29.6 Å². The first-order chi connectivity index (χ1) is 8.10. The zero-order valence-electron chi connectivity index (χ0n) is 10.7. The van der Waals surface area contributed by atoms with E-state index in [0.29, 0.717) is 17.7 Å². The van der Waals surface area contributed by atoms with Crippen molar-refractivity contribution in [2.75, 3.05) is 27.2 Å². The minimum atomic E-state index is -0.333. The van der Waals surface area contributed by atoms with Crippen molar-refractivity contribution in [3.63, 3.8) is 0 Å². The van der Waals surface area contributed by atoms with Gasteiger partial charge in [0.2, 0.25) is 0 Å². The predicted molar refractivity (Wildman–Crippen MR) is 67.7 cm³/mol. The highest BCUT2D eigenvalue weighted by Gasteiger charge is 2.16. The summed E-state index contributed by atoms with van der Waals surface area (Å²) in [5, 5.41) is 0. The summed E-state index contributed by atoms with van der Waals surface area (Å²) in [6, 6.07) is 4.45. The molecule has 4 heteroatoms. The zero-order valence-corrected chi connectivity index (χ0v) is 10.7. The molecule has 0 fully saturated rings. The van der Waals surface area contributed by atoms with E-state index in [0.717, 1.165) is 13.1 Å². The van der Waals surface area contributed by atoms with E-state index in [1.807, 2.05) is 7.05 Å². The number of hydrogen-bond donors (Lipinski definition) is 1. The number of benzene rings is 1. The lowest BCUT2D eigenvalue weighted by Gasteiger charge is -2.19. The Hall–Kier alpha value is -1.13. The number of halogens is 1. The summed E-state index contributed by atoms with van der Waals surface area (Å²) in [7, 11) is 3.55. The predicted octanol–water partition coefficient (Wildman–Crippen LogP) is 2.18.